The van der Waals surface area contributed by atoms with E-state index in [0.717, 1.165) is 43.9 Å². The summed E-state index contributed by atoms with van der Waals surface area (Å²) in [5.74, 6) is 0.797. The molecule has 0 saturated carbocycles. The van der Waals surface area contributed by atoms with E-state index in [4.69, 9.17) is 9.72 Å². The lowest BCUT2D eigenvalue weighted by Gasteiger charge is -2.26. The van der Waals surface area contributed by atoms with Gasteiger partial charge < -0.3 is 9.30 Å². The Hall–Kier alpha value is -1.61. The summed E-state index contributed by atoms with van der Waals surface area (Å²) >= 11 is 0. The number of alkyl halides is 3. The number of benzene rings is 1. The van der Waals surface area contributed by atoms with Gasteiger partial charge in [0.2, 0.25) is 0 Å². The molecular formula is C21H29F3N2O3S. The molecule has 5 nitrogen and oxygen atoms in total. The van der Waals surface area contributed by atoms with Crippen LogP contribution < -0.4 is 0 Å². The fourth-order valence-electron chi connectivity index (χ4n) is 3.83. The monoisotopic (exact) mass is 446 g/mol. The van der Waals surface area contributed by atoms with Gasteiger partial charge in [0, 0.05) is 31.6 Å². The van der Waals surface area contributed by atoms with Crippen LogP contribution in [0, 0.1) is 5.92 Å². The maximum absolute atomic E-state index is 12.6. The Morgan fingerprint density at radius 2 is 1.83 bits per heavy atom. The van der Waals surface area contributed by atoms with Crippen molar-refractivity contribution in [3.8, 4) is 0 Å². The Balaban J connectivity index is 1.92. The summed E-state index contributed by atoms with van der Waals surface area (Å²) in [6, 6.07) is 4.71. The topological polar surface area (TPSA) is 61.2 Å². The fraction of sp³-hybridized carbons (Fsp3) is 0.667. The van der Waals surface area contributed by atoms with E-state index in [0.29, 0.717) is 11.4 Å². The third-order valence-electron chi connectivity index (χ3n) is 5.40. The van der Waals surface area contributed by atoms with Crippen LogP contribution in [0.1, 0.15) is 52.3 Å². The van der Waals surface area contributed by atoms with Gasteiger partial charge in [0.1, 0.15) is 5.82 Å². The van der Waals surface area contributed by atoms with E-state index in [1.807, 2.05) is 0 Å². The van der Waals surface area contributed by atoms with E-state index in [1.54, 1.807) is 6.07 Å². The SMILES string of the molecule is CC(C)(C)c1nc2cc(S(=O)(=O)CCCC(F)(F)F)ccc2n1CC1CCOCC1. The van der Waals surface area contributed by atoms with Gasteiger partial charge in [-0.2, -0.15) is 13.2 Å². The van der Waals surface area contributed by atoms with Crippen LogP contribution in [0.4, 0.5) is 13.2 Å². The maximum Gasteiger partial charge on any atom is 0.389 e. The van der Waals surface area contributed by atoms with Gasteiger partial charge in [0.15, 0.2) is 9.84 Å². The molecule has 168 valence electrons. The summed E-state index contributed by atoms with van der Waals surface area (Å²) in [5.41, 5.74) is 1.17. The molecule has 0 N–H and O–H groups in total. The number of sulfone groups is 1. The number of aromatic nitrogens is 2. The van der Waals surface area contributed by atoms with Crippen LogP contribution in [0.15, 0.2) is 23.1 Å². The molecule has 0 unspecified atom stereocenters. The molecule has 9 heteroatoms. The van der Waals surface area contributed by atoms with Crippen molar-refractivity contribution in [3.63, 3.8) is 0 Å². The van der Waals surface area contributed by atoms with Crippen molar-refractivity contribution in [2.75, 3.05) is 19.0 Å². The summed E-state index contributed by atoms with van der Waals surface area (Å²) in [4.78, 5) is 4.75. The van der Waals surface area contributed by atoms with Gasteiger partial charge in [-0.15, -0.1) is 0 Å². The van der Waals surface area contributed by atoms with Crippen LogP contribution >= 0.6 is 0 Å². The molecule has 0 spiro atoms. The van der Waals surface area contributed by atoms with Crippen molar-refractivity contribution in [2.24, 2.45) is 5.92 Å². The predicted octanol–water partition coefficient (Wildman–Crippen LogP) is 4.88. The smallest absolute Gasteiger partial charge is 0.381 e. The second kappa shape index (κ2) is 8.49. The molecule has 30 heavy (non-hydrogen) atoms. The van der Waals surface area contributed by atoms with Gasteiger partial charge in [-0.3, -0.25) is 0 Å². The fourth-order valence-corrected chi connectivity index (χ4v) is 5.15. The molecule has 0 atom stereocenters. The summed E-state index contributed by atoms with van der Waals surface area (Å²) in [5, 5.41) is 0. The number of rotatable bonds is 6. The molecule has 2 heterocycles. The molecule has 1 aromatic carbocycles. The van der Waals surface area contributed by atoms with E-state index < -0.39 is 34.6 Å². The molecule has 0 amide bonds. The van der Waals surface area contributed by atoms with Crippen molar-refractivity contribution in [2.45, 2.75) is 69.5 Å². The summed E-state index contributed by atoms with van der Waals surface area (Å²) < 4.78 is 69.8. The van der Waals surface area contributed by atoms with Crippen LogP contribution in [0.3, 0.4) is 0 Å². The first-order valence-electron chi connectivity index (χ1n) is 10.2. The standard InChI is InChI=1S/C21H29F3N2O3S/c1-20(2,3)19-25-17-13-16(30(27,28)12-4-9-21(22,23)24)5-6-18(17)26(19)14-15-7-10-29-11-8-15/h5-6,13,15H,4,7-12,14H2,1-3H3. The molecular weight excluding hydrogens is 417 g/mol. The largest absolute Gasteiger partial charge is 0.389 e. The lowest BCUT2D eigenvalue weighted by atomic mass is 9.94. The molecule has 1 fully saturated rings. The van der Waals surface area contributed by atoms with E-state index >= 15 is 0 Å². The second-order valence-corrected chi connectivity index (χ2v) is 11.1. The first-order valence-corrected chi connectivity index (χ1v) is 11.9. The van der Waals surface area contributed by atoms with Crippen LogP contribution in [0.2, 0.25) is 0 Å². The first-order chi connectivity index (χ1) is 13.9. The molecule has 1 aromatic heterocycles. The van der Waals surface area contributed by atoms with Crippen LogP contribution in [0.5, 0.6) is 0 Å². The third kappa shape index (κ3) is 5.55. The van der Waals surface area contributed by atoms with Crippen LogP contribution in [-0.4, -0.2) is 43.1 Å². The highest BCUT2D eigenvalue weighted by molar-refractivity contribution is 7.91. The Morgan fingerprint density at radius 3 is 2.43 bits per heavy atom. The lowest BCUT2D eigenvalue weighted by Crippen LogP contribution is -2.25. The Morgan fingerprint density at radius 1 is 1.17 bits per heavy atom. The van der Waals surface area contributed by atoms with E-state index in [9.17, 15) is 21.6 Å². The zero-order chi connectivity index (χ0) is 22.2. The van der Waals surface area contributed by atoms with Gasteiger partial charge in [0.05, 0.1) is 21.7 Å². The van der Waals surface area contributed by atoms with Crippen LogP contribution in [-0.2, 0) is 26.5 Å². The average Bonchev–Trinajstić information content (AvgIpc) is 2.99. The van der Waals surface area contributed by atoms with Gasteiger partial charge in [-0.1, -0.05) is 20.8 Å². The molecule has 1 saturated heterocycles. The number of ether oxygens (including phenoxy) is 1. The Bertz CT molecular complexity index is 985. The van der Waals surface area contributed by atoms with Crippen molar-refractivity contribution in [1.82, 2.24) is 9.55 Å². The molecule has 1 aliphatic rings. The number of imidazole rings is 1. The zero-order valence-corrected chi connectivity index (χ0v) is 18.4. The van der Waals surface area contributed by atoms with Crippen molar-refractivity contribution in [1.29, 1.82) is 0 Å². The second-order valence-electron chi connectivity index (χ2n) is 9.04. The van der Waals surface area contributed by atoms with Crippen molar-refractivity contribution in [3.05, 3.63) is 24.0 Å². The zero-order valence-electron chi connectivity index (χ0n) is 17.6. The van der Waals surface area contributed by atoms with Gasteiger partial charge >= 0.3 is 6.18 Å². The van der Waals surface area contributed by atoms with E-state index in [-0.39, 0.29) is 10.3 Å². The number of nitrogens with zero attached hydrogens (tertiary/aromatic N) is 2. The van der Waals surface area contributed by atoms with Crippen molar-refractivity contribution < 1.29 is 26.3 Å². The van der Waals surface area contributed by atoms with Crippen LogP contribution in [0.25, 0.3) is 11.0 Å². The maximum atomic E-state index is 12.6. The van der Waals surface area contributed by atoms with Gasteiger partial charge in [-0.05, 0) is 43.4 Å². The average molecular weight is 447 g/mol. The highest BCUT2D eigenvalue weighted by atomic mass is 32.2. The van der Waals surface area contributed by atoms with Gasteiger partial charge in [0.25, 0.3) is 0 Å². The lowest BCUT2D eigenvalue weighted by molar-refractivity contribution is -0.134. The predicted molar refractivity (Wildman–Crippen MR) is 109 cm³/mol. The number of hydrogen-bond donors (Lipinski definition) is 0. The number of fused-ring (bicyclic) bond motifs is 1. The minimum atomic E-state index is -4.36. The van der Waals surface area contributed by atoms with E-state index in [2.05, 4.69) is 25.3 Å². The quantitative estimate of drug-likeness (QED) is 0.635. The highest BCUT2D eigenvalue weighted by Gasteiger charge is 2.29. The number of hydrogen-bond acceptors (Lipinski definition) is 4. The molecule has 0 radical (unpaired) electrons. The minimum Gasteiger partial charge on any atom is -0.381 e. The molecule has 3 rings (SSSR count). The number of halogens is 3. The minimum absolute atomic E-state index is 0.0216. The van der Waals surface area contributed by atoms with Gasteiger partial charge in [-0.25, -0.2) is 13.4 Å². The molecule has 2 aromatic rings. The van der Waals surface area contributed by atoms with E-state index in [1.165, 1.54) is 12.1 Å². The summed E-state index contributed by atoms with van der Waals surface area (Å²) in [7, 11) is -3.81. The third-order valence-corrected chi connectivity index (χ3v) is 7.20. The molecule has 0 aliphatic carbocycles. The normalized spacial score (nSPS) is 17.0. The Labute approximate surface area is 175 Å². The van der Waals surface area contributed by atoms with Crippen molar-refractivity contribution >= 4 is 20.9 Å². The molecule has 0 bridgehead atoms. The highest BCUT2D eigenvalue weighted by Crippen LogP contribution is 2.31. The summed E-state index contributed by atoms with van der Waals surface area (Å²) in [6.07, 6.45) is -3.98. The summed E-state index contributed by atoms with van der Waals surface area (Å²) in [6.45, 7) is 8.44. The first kappa shape index (κ1) is 23.1. The molecule has 1 aliphatic heterocycles. The Kier molecular flexibility index (Phi) is 6.53.